The SMILES string of the molecule is N#CC1=C(N)N(c2ccccc2)C2=C(C(=O)CCC2)[C@@H]1c1ccc(F)cc1. The third kappa shape index (κ3) is 2.80. The smallest absolute Gasteiger partial charge is 0.161 e. The van der Waals surface area contributed by atoms with E-state index in [0.29, 0.717) is 35.4 Å². The highest BCUT2D eigenvalue weighted by Crippen LogP contribution is 2.46. The van der Waals surface area contributed by atoms with Gasteiger partial charge in [-0.3, -0.25) is 9.69 Å². The molecule has 0 spiro atoms. The molecular formula is C22H18FN3O. The van der Waals surface area contributed by atoms with Crippen LogP contribution in [0.4, 0.5) is 10.1 Å². The van der Waals surface area contributed by atoms with Crippen LogP contribution in [-0.2, 0) is 4.79 Å². The summed E-state index contributed by atoms with van der Waals surface area (Å²) in [6.45, 7) is 0. The first-order chi connectivity index (χ1) is 13.1. The molecule has 0 saturated heterocycles. The Bertz CT molecular complexity index is 1000. The summed E-state index contributed by atoms with van der Waals surface area (Å²) in [6.07, 6.45) is 1.89. The van der Waals surface area contributed by atoms with Crippen molar-refractivity contribution in [2.24, 2.45) is 5.73 Å². The van der Waals surface area contributed by atoms with Crippen molar-refractivity contribution in [2.45, 2.75) is 25.2 Å². The van der Waals surface area contributed by atoms with Gasteiger partial charge in [-0.15, -0.1) is 0 Å². The number of carbonyl (C=O) groups excluding carboxylic acids is 1. The van der Waals surface area contributed by atoms with Gasteiger partial charge in [-0.1, -0.05) is 30.3 Å². The summed E-state index contributed by atoms with van der Waals surface area (Å²) < 4.78 is 13.4. The third-order valence-electron chi connectivity index (χ3n) is 5.13. The number of hydrogen-bond donors (Lipinski definition) is 1. The lowest BCUT2D eigenvalue weighted by Gasteiger charge is -2.39. The van der Waals surface area contributed by atoms with Crippen molar-refractivity contribution >= 4 is 11.5 Å². The maximum atomic E-state index is 13.4. The Morgan fingerprint density at radius 3 is 2.44 bits per heavy atom. The Kier molecular flexibility index (Phi) is 4.25. The lowest BCUT2D eigenvalue weighted by molar-refractivity contribution is -0.116. The fourth-order valence-electron chi connectivity index (χ4n) is 3.95. The summed E-state index contributed by atoms with van der Waals surface area (Å²) in [6, 6.07) is 17.6. The molecule has 0 aromatic heterocycles. The van der Waals surface area contributed by atoms with Crippen LogP contribution >= 0.6 is 0 Å². The van der Waals surface area contributed by atoms with Crippen molar-refractivity contribution in [3.8, 4) is 6.07 Å². The molecule has 0 amide bonds. The van der Waals surface area contributed by atoms with Crippen LogP contribution in [-0.4, -0.2) is 5.78 Å². The number of nitrogens with zero attached hydrogens (tertiary/aromatic N) is 2. The van der Waals surface area contributed by atoms with Gasteiger partial charge in [0.25, 0.3) is 0 Å². The number of hydrogen-bond acceptors (Lipinski definition) is 4. The molecule has 0 radical (unpaired) electrons. The van der Waals surface area contributed by atoms with Gasteiger partial charge in [0.2, 0.25) is 0 Å². The molecule has 4 rings (SSSR count). The van der Waals surface area contributed by atoms with Gasteiger partial charge in [-0.05, 0) is 42.7 Å². The Balaban J connectivity index is 1.96. The second-order valence-corrected chi connectivity index (χ2v) is 6.70. The quantitative estimate of drug-likeness (QED) is 0.875. The Labute approximate surface area is 157 Å². The molecule has 5 heteroatoms. The van der Waals surface area contributed by atoms with Gasteiger partial charge in [0.1, 0.15) is 11.6 Å². The number of halogens is 1. The highest BCUT2D eigenvalue weighted by molar-refractivity contribution is 6.01. The summed E-state index contributed by atoms with van der Waals surface area (Å²) in [5.74, 6) is -0.573. The molecule has 0 unspecified atom stereocenters. The number of benzene rings is 2. The maximum absolute atomic E-state index is 13.4. The van der Waals surface area contributed by atoms with Gasteiger partial charge < -0.3 is 5.73 Å². The highest BCUT2D eigenvalue weighted by Gasteiger charge is 2.40. The summed E-state index contributed by atoms with van der Waals surface area (Å²) in [5, 5.41) is 9.87. The number of nitrogens with two attached hydrogens (primary N) is 1. The molecule has 0 saturated carbocycles. The third-order valence-corrected chi connectivity index (χ3v) is 5.13. The predicted octanol–water partition coefficient (Wildman–Crippen LogP) is 4.13. The minimum Gasteiger partial charge on any atom is -0.384 e. The van der Waals surface area contributed by atoms with E-state index in [9.17, 15) is 14.4 Å². The van der Waals surface area contributed by atoms with Crippen LogP contribution in [0.2, 0.25) is 0 Å². The molecule has 0 bridgehead atoms. The molecule has 1 aliphatic carbocycles. The van der Waals surface area contributed by atoms with Crippen molar-refractivity contribution in [1.29, 1.82) is 5.26 Å². The molecule has 1 heterocycles. The van der Waals surface area contributed by atoms with E-state index >= 15 is 0 Å². The standard InChI is InChI=1S/C22H18FN3O/c23-15-11-9-14(10-12-15)20-17(13-24)22(25)26(16-5-2-1-3-6-16)18-7-4-8-19(27)21(18)20/h1-3,5-6,9-12,20H,4,7-8,25H2/t20-/m1/s1. The first-order valence-electron chi connectivity index (χ1n) is 8.88. The summed E-state index contributed by atoms with van der Waals surface area (Å²) in [5.41, 5.74) is 9.72. The Morgan fingerprint density at radius 1 is 1.07 bits per heavy atom. The zero-order chi connectivity index (χ0) is 19.0. The normalized spacial score (nSPS) is 19.8. The minimum absolute atomic E-state index is 0.0201. The molecule has 2 N–H and O–H groups in total. The highest BCUT2D eigenvalue weighted by atomic mass is 19.1. The molecule has 1 atom stereocenters. The zero-order valence-corrected chi connectivity index (χ0v) is 14.7. The average Bonchev–Trinajstić information content (AvgIpc) is 2.69. The first-order valence-corrected chi connectivity index (χ1v) is 8.88. The maximum Gasteiger partial charge on any atom is 0.161 e. The molecular weight excluding hydrogens is 341 g/mol. The van der Waals surface area contributed by atoms with E-state index in [0.717, 1.165) is 17.8 Å². The molecule has 27 heavy (non-hydrogen) atoms. The number of anilines is 1. The van der Waals surface area contributed by atoms with E-state index in [1.807, 2.05) is 35.2 Å². The van der Waals surface area contributed by atoms with Crippen LogP contribution in [0.5, 0.6) is 0 Å². The molecule has 0 fully saturated rings. The second-order valence-electron chi connectivity index (χ2n) is 6.70. The average molecular weight is 359 g/mol. The number of carbonyl (C=O) groups is 1. The molecule has 4 nitrogen and oxygen atoms in total. The zero-order valence-electron chi connectivity index (χ0n) is 14.7. The van der Waals surface area contributed by atoms with Crippen LogP contribution in [0.15, 0.2) is 77.3 Å². The number of Topliss-reactive ketones (excluding diaryl/α,β-unsaturated/α-hetero) is 1. The molecule has 2 aromatic carbocycles. The lowest BCUT2D eigenvalue weighted by atomic mass is 9.75. The number of allylic oxidation sites excluding steroid dienone is 3. The number of nitriles is 1. The van der Waals surface area contributed by atoms with Gasteiger partial charge >= 0.3 is 0 Å². The predicted molar refractivity (Wildman–Crippen MR) is 101 cm³/mol. The van der Waals surface area contributed by atoms with Crippen LogP contribution in [0, 0.1) is 17.1 Å². The van der Waals surface area contributed by atoms with Gasteiger partial charge in [0, 0.05) is 23.4 Å². The molecule has 134 valence electrons. The van der Waals surface area contributed by atoms with Crippen molar-refractivity contribution in [3.05, 3.63) is 88.6 Å². The van der Waals surface area contributed by atoms with Crippen molar-refractivity contribution < 1.29 is 9.18 Å². The monoisotopic (exact) mass is 359 g/mol. The van der Waals surface area contributed by atoms with Gasteiger partial charge in [0.05, 0.1) is 17.6 Å². The second kappa shape index (κ2) is 6.73. The van der Waals surface area contributed by atoms with Crippen LogP contribution < -0.4 is 10.6 Å². The van der Waals surface area contributed by atoms with Crippen LogP contribution in [0.1, 0.15) is 30.7 Å². The largest absolute Gasteiger partial charge is 0.384 e. The van der Waals surface area contributed by atoms with E-state index in [2.05, 4.69) is 6.07 Å². The lowest BCUT2D eigenvalue weighted by Crippen LogP contribution is -2.38. The first kappa shape index (κ1) is 17.0. The van der Waals surface area contributed by atoms with E-state index in [4.69, 9.17) is 5.73 Å². The number of ketones is 1. The van der Waals surface area contributed by atoms with Crippen molar-refractivity contribution in [3.63, 3.8) is 0 Å². The van der Waals surface area contributed by atoms with Gasteiger partial charge in [0.15, 0.2) is 5.78 Å². The molecule has 2 aromatic rings. The van der Waals surface area contributed by atoms with Crippen LogP contribution in [0.3, 0.4) is 0 Å². The van der Waals surface area contributed by atoms with E-state index in [1.54, 1.807) is 12.1 Å². The van der Waals surface area contributed by atoms with E-state index < -0.39 is 5.92 Å². The fourth-order valence-corrected chi connectivity index (χ4v) is 3.95. The Morgan fingerprint density at radius 2 is 1.78 bits per heavy atom. The van der Waals surface area contributed by atoms with Gasteiger partial charge in [-0.2, -0.15) is 5.26 Å². The Hall–Kier alpha value is -3.39. The van der Waals surface area contributed by atoms with Crippen molar-refractivity contribution in [1.82, 2.24) is 0 Å². The number of rotatable bonds is 2. The van der Waals surface area contributed by atoms with Crippen molar-refractivity contribution in [2.75, 3.05) is 4.90 Å². The van der Waals surface area contributed by atoms with Crippen LogP contribution in [0.25, 0.3) is 0 Å². The fraction of sp³-hybridized carbons (Fsp3) is 0.182. The summed E-state index contributed by atoms with van der Waals surface area (Å²) in [4.78, 5) is 14.7. The summed E-state index contributed by atoms with van der Waals surface area (Å²) in [7, 11) is 0. The minimum atomic E-state index is -0.557. The summed E-state index contributed by atoms with van der Waals surface area (Å²) >= 11 is 0. The van der Waals surface area contributed by atoms with Gasteiger partial charge in [-0.25, -0.2) is 4.39 Å². The number of para-hydroxylation sites is 1. The topological polar surface area (TPSA) is 70.1 Å². The van der Waals surface area contributed by atoms with E-state index in [-0.39, 0.29) is 11.6 Å². The molecule has 1 aliphatic heterocycles. The van der Waals surface area contributed by atoms with E-state index in [1.165, 1.54) is 12.1 Å². The molecule has 2 aliphatic rings.